The molecule has 0 atom stereocenters. The zero-order chi connectivity index (χ0) is 23.4. The molecule has 170 valence electrons. The lowest BCUT2D eigenvalue weighted by Gasteiger charge is -2.25. The number of hydrogen-bond donors (Lipinski definition) is 2. The molecule has 0 unspecified atom stereocenters. The topological polar surface area (TPSA) is 142 Å². The quantitative estimate of drug-likeness (QED) is 0.420. The fraction of sp³-hybridized carbons (Fsp3) is 0.579. The van der Waals surface area contributed by atoms with Crippen LogP contribution in [-0.2, 0) is 25.7 Å². The van der Waals surface area contributed by atoms with E-state index in [4.69, 9.17) is 9.11 Å². The first-order valence-electron chi connectivity index (χ1n) is 9.26. The van der Waals surface area contributed by atoms with Crippen LogP contribution in [0.1, 0.15) is 50.7 Å². The van der Waals surface area contributed by atoms with Crippen molar-refractivity contribution in [3.05, 3.63) is 41.7 Å². The number of carbonyl (C=O) groups is 1. The SMILES string of the molecule is CC(C)(C)/C=C/C(C)(C)c1ccnc(C(=O)N(CCS(=O)(=O)O)CCS(=O)(=O)O)c1. The lowest BCUT2D eigenvalue weighted by atomic mass is 9.82. The average molecular weight is 463 g/mol. The van der Waals surface area contributed by atoms with Gasteiger partial charge in [0.1, 0.15) is 5.69 Å². The van der Waals surface area contributed by atoms with Gasteiger partial charge >= 0.3 is 0 Å². The van der Waals surface area contributed by atoms with Crippen LogP contribution in [0.3, 0.4) is 0 Å². The van der Waals surface area contributed by atoms with Gasteiger partial charge in [0, 0.05) is 24.7 Å². The number of allylic oxidation sites excluding steroid dienone is 2. The van der Waals surface area contributed by atoms with Crippen molar-refractivity contribution in [2.45, 2.75) is 40.0 Å². The molecule has 0 aromatic carbocycles. The van der Waals surface area contributed by atoms with Gasteiger partial charge in [0.05, 0.1) is 11.5 Å². The molecule has 30 heavy (non-hydrogen) atoms. The Hall–Kier alpha value is -1.82. The molecule has 0 spiro atoms. The van der Waals surface area contributed by atoms with E-state index in [0.29, 0.717) is 0 Å². The molecule has 2 N–H and O–H groups in total. The van der Waals surface area contributed by atoms with Gasteiger partial charge in [-0.05, 0) is 23.1 Å². The summed E-state index contributed by atoms with van der Waals surface area (Å²) in [6.45, 7) is 9.20. The van der Waals surface area contributed by atoms with Crippen LogP contribution in [0.4, 0.5) is 0 Å². The molecule has 0 aliphatic rings. The third-order valence-corrected chi connectivity index (χ3v) is 5.65. The molecule has 0 bridgehead atoms. The van der Waals surface area contributed by atoms with E-state index in [0.717, 1.165) is 10.5 Å². The first kappa shape index (κ1) is 26.2. The minimum absolute atomic E-state index is 0.00425. The van der Waals surface area contributed by atoms with Crippen molar-refractivity contribution in [2.24, 2.45) is 5.41 Å². The highest BCUT2D eigenvalue weighted by Crippen LogP contribution is 2.28. The maximum absolute atomic E-state index is 12.9. The van der Waals surface area contributed by atoms with Crippen LogP contribution in [0.5, 0.6) is 0 Å². The van der Waals surface area contributed by atoms with E-state index in [2.05, 4.69) is 31.8 Å². The van der Waals surface area contributed by atoms with Crippen LogP contribution < -0.4 is 0 Å². The van der Waals surface area contributed by atoms with Crippen LogP contribution in [0.2, 0.25) is 0 Å². The summed E-state index contributed by atoms with van der Waals surface area (Å²) in [5.41, 5.74) is 0.311. The Morgan fingerprint density at radius 1 is 1.00 bits per heavy atom. The number of amides is 1. The summed E-state index contributed by atoms with van der Waals surface area (Å²) >= 11 is 0. The van der Waals surface area contributed by atoms with Crippen molar-refractivity contribution in [1.82, 2.24) is 9.88 Å². The minimum atomic E-state index is -4.38. The monoisotopic (exact) mass is 462 g/mol. The van der Waals surface area contributed by atoms with Crippen molar-refractivity contribution in [2.75, 3.05) is 24.6 Å². The molecule has 1 heterocycles. The molecular formula is C19H30N2O7S2. The number of rotatable bonds is 9. The van der Waals surface area contributed by atoms with Gasteiger partial charge in [-0.2, -0.15) is 16.8 Å². The van der Waals surface area contributed by atoms with E-state index in [1.54, 1.807) is 12.1 Å². The molecule has 11 heteroatoms. The van der Waals surface area contributed by atoms with Crippen molar-refractivity contribution in [3.63, 3.8) is 0 Å². The largest absolute Gasteiger partial charge is 0.335 e. The second-order valence-corrected chi connectivity index (χ2v) is 11.9. The van der Waals surface area contributed by atoms with E-state index < -0.39 is 56.2 Å². The molecule has 1 aromatic rings. The second-order valence-electron chi connectivity index (χ2n) is 8.72. The smallest absolute Gasteiger partial charge is 0.272 e. The van der Waals surface area contributed by atoms with Gasteiger partial charge in [0.15, 0.2) is 0 Å². The summed E-state index contributed by atoms with van der Waals surface area (Å²) < 4.78 is 62.2. The van der Waals surface area contributed by atoms with Crippen molar-refractivity contribution < 1.29 is 30.7 Å². The number of carbonyl (C=O) groups excluding carboxylic acids is 1. The van der Waals surface area contributed by atoms with E-state index >= 15 is 0 Å². The van der Waals surface area contributed by atoms with Gasteiger partial charge in [-0.25, -0.2) is 0 Å². The molecule has 1 aromatic heterocycles. The predicted molar refractivity (Wildman–Crippen MR) is 115 cm³/mol. The Balaban J connectivity index is 3.20. The van der Waals surface area contributed by atoms with Crippen LogP contribution in [0, 0.1) is 5.41 Å². The standard InChI is InChI=1S/C19H30N2O7S2/c1-18(2,3)7-8-19(4,5)15-6-9-20-16(14-15)17(22)21(10-12-29(23,24)25)11-13-30(26,27)28/h6-9,14H,10-13H2,1-5H3,(H,23,24,25)(H,26,27,28)/b8-7+. The Kier molecular flexibility index (Phi) is 8.34. The molecule has 1 amide bonds. The van der Waals surface area contributed by atoms with Crippen LogP contribution in [0.15, 0.2) is 30.5 Å². The molecule has 0 radical (unpaired) electrons. The van der Waals surface area contributed by atoms with Crippen molar-refractivity contribution >= 4 is 26.1 Å². The number of nitrogens with zero attached hydrogens (tertiary/aromatic N) is 2. The van der Waals surface area contributed by atoms with Gasteiger partial charge in [-0.3, -0.25) is 18.9 Å². The normalized spacial score (nSPS) is 13.6. The third kappa shape index (κ3) is 9.79. The highest BCUT2D eigenvalue weighted by atomic mass is 32.2. The summed E-state index contributed by atoms with van der Waals surface area (Å²) in [6.07, 6.45) is 5.52. The minimum Gasteiger partial charge on any atom is -0.335 e. The Morgan fingerprint density at radius 3 is 1.93 bits per heavy atom. The van der Waals surface area contributed by atoms with E-state index in [1.807, 2.05) is 19.9 Å². The molecule has 0 fully saturated rings. The molecule has 9 nitrogen and oxygen atoms in total. The van der Waals surface area contributed by atoms with Gasteiger partial charge < -0.3 is 4.90 Å². The zero-order valence-corrected chi connectivity index (χ0v) is 19.5. The summed E-state index contributed by atoms with van der Waals surface area (Å²) in [5, 5.41) is 0. The van der Waals surface area contributed by atoms with Gasteiger partial charge in [-0.15, -0.1) is 0 Å². The van der Waals surface area contributed by atoms with Crippen LogP contribution in [0.25, 0.3) is 0 Å². The Bertz CT molecular complexity index is 956. The predicted octanol–water partition coefficient (Wildman–Crippen LogP) is 2.18. The van der Waals surface area contributed by atoms with E-state index in [-0.39, 0.29) is 11.1 Å². The van der Waals surface area contributed by atoms with Crippen LogP contribution in [-0.4, -0.2) is 66.3 Å². The lowest BCUT2D eigenvalue weighted by molar-refractivity contribution is 0.0768. The fourth-order valence-electron chi connectivity index (χ4n) is 2.43. The molecular weight excluding hydrogens is 432 g/mol. The van der Waals surface area contributed by atoms with Gasteiger partial charge in [0.25, 0.3) is 26.1 Å². The van der Waals surface area contributed by atoms with Crippen molar-refractivity contribution in [3.8, 4) is 0 Å². The zero-order valence-electron chi connectivity index (χ0n) is 17.9. The molecule has 0 aliphatic heterocycles. The molecule has 1 rings (SSSR count). The summed E-state index contributed by atoms with van der Waals surface area (Å²) in [4.78, 5) is 17.8. The number of aromatic nitrogens is 1. The molecule has 0 saturated carbocycles. The number of hydrogen-bond acceptors (Lipinski definition) is 6. The van der Waals surface area contributed by atoms with E-state index in [9.17, 15) is 21.6 Å². The van der Waals surface area contributed by atoms with Gasteiger partial charge in [0.2, 0.25) is 0 Å². The summed E-state index contributed by atoms with van der Waals surface area (Å²) in [6, 6.07) is 3.31. The average Bonchev–Trinajstić information content (AvgIpc) is 2.57. The summed E-state index contributed by atoms with van der Waals surface area (Å²) in [5.74, 6) is -2.26. The maximum atomic E-state index is 12.9. The first-order chi connectivity index (χ1) is 13.4. The molecule has 0 aliphatic carbocycles. The second kappa shape index (κ2) is 9.54. The van der Waals surface area contributed by atoms with Gasteiger partial charge in [-0.1, -0.05) is 46.8 Å². The Morgan fingerprint density at radius 2 is 1.50 bits per heavy atom. The van der Waals surface area contributed by atoms with Crippen molar-refractivity contribution in [1.29, 1.82) is 0 Å². The fourth-order valence-corrected chi connectivity index (χ4v) is 3.33. The highest BCUT2D eigenvalue weighted by Gasteiger charge is 2.24. The number of pyridine rings is 1. The first-order valence-corrected chi connectivity index (χ1v) is 12.5. The summed E-state index contributed by atoms with van der Waals surface area (Å²) in [7, 11) is -8.75. The molecule has 0 saturated heterocycles. The lowest BCUT2D eigenvalue weighted by Crippen LogP contribution is -2.39. The van der Waals surface area contributed by atoms with Crippen LogP contribution >= 0.6 is 0 Å². The van der Waals surface area contributed by atoms with E-state index in [1.165, 1.54) is 6.20 Å². The highest BCUT2D eigenvalue weighted by molar-refractivity contribution is 7.86. The maximum Gasteiger partial charge on any atom is 0.272 e. The third-order valence-electron chi connectivity index (χ3n) is 4.25. The Labute approximate surface area is 178 Å².